The highest BCUT2D eigenvalue weighted by Crippen LogP contribution is 2.21. The van der Waals surface area contributed by atoms with Gasteiger partial charge in [0.1, 0.15) is 5.69 Å². The minimum absolute atomic E-state index is 0.194. The van der Waals surface area contributed by atoms with Crippen molar-refractivity contribution >= 4 is 35.3 Å². The number of carbonyl (C=O) groups excluding carboxylic acids is 2. The summed E-state index contributed by atoms with van der Waals surface area (Å²) in [4.78, 5) is 29.0. The van der Waals surface area contributed by atoms with Gasteiger partial charge in [-0.2, -0.15) is 5.10 Å². The van der Waals surface area contributed by atoms with E-state index in [2.05, 4.69) is 20.8 Å². The number of rotatable bonds is 5. The van der Waals surface area contributed by atoms with Crippen LogP contribution >= 0.6 is 11.6 Å². The number of aryl methyl sites for hydroxylation is 2. The average molecular weight is 407 g/mol. The first kappa shape index (κ1) is 20.2. The molecule has 6 nitrogen and oxygen atoms in total. The van der Waals surface area contributed by atoms with Crippen LogP contribution in [0.25, 0.3) is 0 Å². The Kier molecular flexibility index (Phi) is 6.36. The molecule has 146 valence electrons. The van der Waals surface area contributed by atoms with E-state index in [4.69, 9.17) is 11.6 Å². The zero-order chi connectivity index (χ0) is 20.8. The number of pyridine rings is 1. The van der Waals surface area contributed by atoms with E-state index in [1.807, 2.05) is 32.0 Å². The van der Waals surface area contributed by atoms with E-state index in [0.29, 0.717) is 10.7 Å². The van der Waals surface area contributed by atoms with Gasteiger partial charge in [0.25, 0.3) is 11.8 Å². The lowest BCUT2D eigenvalue weighted by Crippen LogP contribution is -2.21. The van der Waals surface area contributed by atoms with Crippen LogP contribution in [0.5, 0.6) is 0 Å². The maximum Gasteiger partial charge on any atom is 0.274 e. The molecule has 1 aromatic heterocycles. The van der Waals surface area contributed by atoms with Crippen molar-refractivity contribution in [3.05, 3.63) is 93.8 Å². The highest BCUT2D eigenvalue weighted by Gasteiger charge is 2.15. The van der Waals surface area contributed by atoms with Crippen LogP contribution < -0.4 is 10.7 Å². The van der Waals surface area contributed by atoms with E-state index in [1.165, 1.54) is 17.8 Å². The third kappa shape index (κ3) is 5.27. The van der Waals surface area contributed by atoms with Gasteiger partial charge in [0.15, 0.2) is 0 Å². The van der Waals surface area contributed by atoms with Gasteiger partial charge in [-0.05, 0) is 60.9 Å². The standard InChI is InChI=1S/C22H19ClN4O2/c1-14-6-7-16(11-15(14)2)13-25-27-21(28)18-12-17(23)8-9-19(18)26-22(29)20-5-3-4-10-24-20/h3-13H,1-2H3,(H,26,29)(H,27,28). The zero-order valence-corrected chi connectivity index (χ0v) is 16.7. The Hall–Kier alpha value is -3.51. The van der Waals surface area contributed by atoms with Gasteiger partial charge in [-0.1, -0.05) is 35.9 Å². The topological polar surface area (TPSA) is 83.5 Å². The summed E-state index contributed by atoms with van der Waals surface area (Å²) >= 11 is 6.03. The molecule has 0 saturated carbocycles. The number of nitrogens with one attached hydrogen (secondary N) is 2. The predicted molar refractivity (Wildman–Crippen MR) is 115 cm³/mol. The number of benzene rings is 2. The molecule has 0 radical (unpaired) electrons. The first-order valence-corrected chi connectivity index (χ1v) is 9.24. The largest absolute Gasteiger partial charge is 0.320 e. The number of carbonyl (C=O) groups is 2. The second-order valence-corrected chi connectivity index (χ2v) is 6.84. The maximum absolute atomic E-state index is 12.6. The Bertz CT molecular complexity index is 1080. The number of hydrazone groups is 1. The van der Waals surface area contributed by atoms with E-state index >= 15 is 0 Å². The van der Waals surface area contributed by atoms with Gasteiger partial charge in [-0.25, -0.2) is 5.43 Å². The van der Waals surface area contributed by atoms with E-state index in [1.54, 1.807) is 36.5 Å². The predicted octanol–water partition coefficient (Wildman–Crippen LogP) is 4.37. The van der Waals surface area contributed by atoms with E-state index in [0.717, 1.165) is 11.1 Å². The summed E-state index contributed by atoms with van der Waals surface area (Å²) in [6.45, 7) is 4.03. The normalized spacial score (nSPS) is 10.7. The number of hydrogen-bond acceptors (Lipinski definition) is 4. The van der Waals surface area contributed by atoms with Crippen molar-refractivity contribution in [2.75, 3.05) is 5.32 Å². The lowest BCUT2D eigenvalue weighted by atomic mass is 10.1. The van der Waals surface area contributed by atoms with Crippen LogP contribution in [0.2, 0.25) is 5.02 Å². The molecule has 0 unspecified atom stereocenters. The molecular formula is C22H19ClN4O2. The Morgan fingerprint density at radius 3 is 2.55 bits per heavy atom. The number of nitrogens with zero attached hydrogens (tertiary/aromatic N) is 2. The molecular weight excluding hydrogens is 388 g/mol. The number of anilines is 1. The van der Waals surface area contributed by atoms with E-state index < -0.39 is 11.8 Å². The van der Waals surface area contributed by atoms with Crippen molar-refractivity contribution in [2.45, 2.75) is 13.8 Å². The van der Waals surface area contributed by atoms with Gasteiger partial charge in [0, 0.05) is 11.2 Å². The number of hydrogen-bond donors (Lipinski definition) is 2. The first-order chi connectivity index (χ1) is 13.9. The molecule has 0 aliphatic heterocycles. The summed E-state index contributed by atoms with van der Waals surface area (Å²) in [5.74, 6) is -0.926. The summed E-state index contributed by atoms with van der Waals surface area (Å²) in [6.07, 6.45) is 3.08. The van der Waals surface area contributed by atoms with Crippen LogP contribution in [0, 0.1) is 13.8 Å². The third-order valence-electron chi connectivity index (χ3n) is 4.28. The minimum Gasteiger partial charge on any atom is -0.320 e. The fraction of sp³-hybridized carbons (Fsp3) is 0.0909. The Morgan fingerprint density at radius 1 is 1.00 bits per heavy atom. The van der Waals surface area contributed by atoms with Gasteiger partial charge >= 0.3 is 0 Å². The molecule has 3 rings (SSSR count). The molecule has 0 atom stereocenters. The van der Waals surface area contributed by atoms with Gasteiger partial charge in [-0.15, -0.1) is 0 Å². The molecule has 2 aromatic carbocycles. The molecule has 0 saturated heterocycles. The fourth-order valence-electron chi connectivity index (χ4n) is 2.57. The van der Waals surface area contributed by atoms with Crippen molar-refractivity contribution in [2.24, 2.45) is 5.10 Å². The van der Waals surface area contributed by atoms with Crippen LogP contribution in [-0.2, 0) is 0 Å². The summed E-state index contributed by atoms with van der Waals surface area (Å²) in [5, 5.41) is 7.05. The van der Waals surface area contributed by atoms with Crippen LogP contribution in [-0.4, -0.2) is 23.0 Å². The Morgan fingerprint density at radius 2 is 1.83 bits per heavy atom. The molecule has 3 aromatic rings. The lowest BCUT2D eigenvalue weighted by molar-refractivity contribution is 0.0956. The molecule has 29 heavy (non-hydrogen) atoms. The van der Waals surface area contributed by atoms with Gasteiger partial charge in [0.05, 0.1) is 17.5 Å². The van der Waals surface area contributed by atoms with E-state index in [9.17, 15) is 9.59 Å². The Balaban J connectivity index is 1.75. The quantitative estimate of drug-likeness (QED) is 0.487. The molecule has 0 fully saturated rings. The molecule has 1 heterocycles. The maximum atomic E-state index is 12.6. The van der Waals surface area contributed by atoms with Crippen molar-refractivity contribution in [3.63, 3.8) is 0 Å². The van der Waals surface area contributed by atoms with Crippen molar-refractivity contribution in [3.8, 4) is 0 Å². The monoisotopic (exact) mass is 406 g/mol. The van der Waals surface area contributed by atoms with Crippen molar-refractivity contribution < 1.29 is 9.59 Å². The van der Waals surface area contributed by atoms with Crippen LogP contribution in [0.3, 0.4) is 0 Å². The first-order valence-electron chi connectivity index (χ1n) is 8.86. The van der Waals surface area contributed by atoms with Crippen LogP contribution in [0.15, 0.2) is 65.9 Å². The van der Waals surface area contributed by atoms with Crippen LogP contribution in [0.1, 0.15) is 37.5 Å². The fourth-order valence-corrected chi connectivity index (χ4v) is 2.74. The highest BCUT2D eigenvalue weighted by atomic mass is 35.5. The van der Waals surface area contributed by atoms with Gasteiger partial charge in [0.2, 0.25) is 0 Å². The minimum atomic E-state index is -0.496. The third-order valence-corrected chi connectivity index (χ3v) is 4.52. The van der Waals surface area contributed by atoms with E-state index in [-0.39, 0.29) is 11.3 Å². The molecule has 2 N–H and O–H groups in total. The number of aromatic nitrogens is 1. The van der Waals surface area contributed by atoms with Gasteiger partial charge in [-0.3, -0.25) is 14.6 Å². The Labute approximate surface area is 173 Å². The highest BCUT2D eigenvalue weighted by molar-refractivity contribution is 6.31. The van der Waals surface area contributed by atoms with Gasteiger partial charge < -0.3 is 5.32 Å². The number of amides is 2. The summed E-state index contributed by atoms with van der Waals surface area (Å²) in [6, 6.07) is 15.5. The molecule has 0 bridgehead atoms. The molecule has 0 aliphatic carbocycles. The smallest absolute Gasteiger partial charge is 0.274 e. The van der Waals surface area contributed by atoms with Crippen LogP contribution in [0.4, 0.5) is 5.69 Å². The number of halogens is 1. The molecule has 2 amide bonds. The second-order valence-electron chi connectivity index (χ2n) is 6.40. The average Bonchev–Trinajstić information content (AvgIpc) is 2.72. The summed E-state index contributed by atoms with van der Waals surface area (Å²) < 4.78 is 0. The van der Waals surface area contributed by atoms with Crippen molar-refractivity contribution in [1.82, 2.24) is 10.4 Å². The second kappa shape index (κ2) is 9.12. The SMILES string of the molecule is Cc1ccc(C=NNC(=O)c2cc(Cl)ccc2NC(=O)c2ccccn2)cc1C. The summed E-state index contributed by atoms with van der Waals surface area (Å²) in [5.41, 5.74) is 6.38. The molecule has 7 heteroatoms. The lowest BCUT2D eigenvalue weighted by Gasteiger charge is -2.10. The van der Waals surface area contributed by atoms with Crippen molar-refractivity contribution in [1.29, 1.82) is 0 Å². The zero-order valence-electron chi connectivity index (χ0n) is 15.9. The summed E-state index contributed by atoms with van der Waals surface area (Å²) in [7, 11) is 0. The molecule has 0 aliphatic rings. The molecule has 0 spiro atoms.